The number of carbonyl (C=O) groups is 1. The second-order valence-corrected chi connectivity index (χ2v) is 5.59. The number of amides is 1. The minimum Gasteiger partial charge on any atom is -0.399 e. The highest BCUT2D eigenvalue weighted by Crippen LogP contribution is 2.19. The van der Waals surface area contributed by atoms with Gasteiger partial charge in [-0.15, -0.1) is 0 Å². The van der Waals surface area contributed by atoms with E-state index in [0.717, 1.165) is 37.3 Å². The van der Waals surface area contributed by atoms with Crippen LogP contribution in [0.4, 0.5) is 11.4 Å². The fourth-order valence-corrected chi connectivity index (χ4v) is 2.33. The molecule has 2 rings (SSSR count). The fraction of sp³-hybridized carbons (Fsp3) is 0.562. The second-order valence-electron chi connectivity index (χ2n) is 5.59. The van der Waals surface area contributed by atoms with Crippen molar-refractivity contribution >= 4 is 17.3 Å². The quantitative estimate of drug-likeness (QED) is 0.817. The largest absolute Gasteiger partial charge is 0.399 e. The molecule has 1 aliphatic heterocycles. The summed E-state index contributed by atoms with van der Waals surface area (Å²) in [7, 11) is 0. The lowest BCUT2D eigenvalue weighted by Gasteiger charge is -2.23. The average molecular weight is 292 g/mol. The molecule has 0 saturated carbocycles. The number of rotatable bonds is 5. The monoisotopic (exact) mass is 292 g/mol. The molecule has 0 radical (unpaired) electrons. The van der Waals surface area contributed by atoms with Gasteiger partial charge >= 0.3 is 0 Å². The molecule has 5 nitrogen and oxygen atoms in total. The highest BCUT2D eigenvalue weighted by molar-refractivity contribution is 5.94. The number of benzene rings is 1. The molecule has 0 aromatic heterocycles. The molecule has 0 spiro atoms. The number of carbonyl (C=O) groups excluding carboxylic acids is 1. The number of hydrogen-bond donors (Lipinski definition) is 2. The van der Waals surface area contributed by atoms with Crippen molar-refractivity contribution < 1.29 is 14.3 Å². The lowest BCUT2D eigenvalue weighted by atomic mass is 10.0. The molecule has 5 heteroatoms. The summed E-state index contributed by atoms with van der Waals surface area (Å²) in [6.45, 7) is 5.89. The van der Waals surface area contributed by atoms with E-state index in [0.29, 0.717) is 18.2 Å². The zero-order valence-electron chi connectivity index (χ0n) is 12.7. The predicted octanol–water partition coefficient (Wildman–Crippen LogP) is 2.35. The van der Waals surface area contributed by atoms with E-state index in [1.807, 2.05) is 19.1 Å². The summed E-state index contributed by atoms with van der Waals surface area (Å²) >= 11 is 0. The first-order chi connectivity index (χ1) is 10.1. The molecule has 0 bridgehead atoms. The number of anilines is 2. The number of hydrogen-bond acceptors (Lipinski definition) is 4. The van der Waals surface area contributed by atoms with Gasteiger partial charge in [0.25, 0.3) is 5.91 Å². The predicted molar refractivity (Wildman–Crippen MR) is 83.2 cm³/mol. The number of nitrogens with two attached hydrogens (primary N) is 1. The summed E-state index contributed by atoms with van der Waals surface area (Å²) in [6, 6.07) is 5.42. The molecule has 1 unspecified atom stereocenters. The molecule has 1 aromatic carbocycles. The maximum Gasteiger partial charge on any atom is 0.253 e. The summed E-state index contributed by atoms with van der Waals surface area (Å²) in [5.41, 5.74) is 8.11. The van der Waals surface area contributed by atoms with Crippen LogP contribution in [0.1, 0.15) is 25.3 Å². The average Bonchev–Trinajstić information content (AvgIpc) is 2.48. The zero-order chi connectivity index (χ0) is 15.2. The Morgan fingerprint density at radius 1 is 1.48 bits per heavy atom. The van der Waals surface area contributed by atoms with E-state index in [9.17, 15) is 4.79 Å². The van der Waals surface area contributed by atoms with E-state index in [2.05, 4.69) is 5.32 Å². The van der Waals surface area contributed by atoms with Crippen LogP contribution < -0.4 is 11.1 Å². The van der Waals surface area contributed by atoms with E-state index >= 15 is 0 Å². The van der Waals surface area contributed by atoms with Gasteiger partial charge in [-0.3, -0.25) is 4.79 Å². The standard InChI is InChI=1S/C16H24N2O3/c1-11-9-14(17)3-4-15(11)18-16(19)12(2)21-10-13-5-7-20-8-6-13/h3-4,9,12-13H,5-8,10,17H2,1-2H3,(H,18,19). The normalized spacial score (nSPS) is 17.4. The molecule has 21 heavy (non-hydrogen) atoms. The number of nitrogen functional groups attached to an aromatic ring is 1. The number of aryl methyl sites for hydroxylation is 1. The van der Waals surface area contributed by atoms with Crippen molar-refractivity contribution in [3.8, 4) is 0 Å². The van der Waals surface area contributed by atoms with E-state index in [4.69, 9.17) is 15.2 Å². The van der Waals surface area contributed by atoms with Crippen LogP contribution in [0.2, 0.25) is 0 Å². The molecule has 0 aliphatic carbocycles. The van der Waals surface area contributed by atoms with Gasteiger partial charge in [0.1, 0.15) is 6.10 Å². The van der Waals surface area contributed by atoms with Gasteiger partial charge < -0.3 is 20.5 Å². The van der Waals surface area contributed by atoms with Gasteiger partial charge in [-0.05, 0) is 56.4 Å². The highest BCUT2D eigenvalue weighted by Gasteiger charge is 2.19. The van der Waals surface area contributed by atoms with Crippen LogP contribution in [0.25, 0.3) is 0 Å². The maximum atomic E-state index is 12.1. The third-order valence-corrected chi connectivity index (χ3v) is 3.80. The molecular formula is C16H24N2O3. The summed E-state index contributed by atoms with van der Waals surface area (Å²) in [6.07, 6.45) is 1.54. The van der Waals surface area contributed by atoms with Crippen molar-refractivity contribution in [1.82, 2.24) is 0 Å². The first-order valence-electron chi connectivity index (χ1n) is 7.42. The molecule has 1 aliphatic rings. The van der Waals surface area contributed by atoms with Gasteiger partial charge in [0.2, 0.25) is 0 Å². The van der Waals surface area contributed by atoms with Crippen LogP contribution in [0.15, 0.2) is 18.2 Å². The summed E-state index contributed by atoms with van der Waals surface area (Å²) in [4.78, 5) is 12.1. The van der Waals surface area contributed by atoms with Crippen LogP contribution in [0.3, 0.4) is 0 Å². The van der Waals surface area contributed by atoms with Gasteiger partial charge in [0.15, 0.2) is 0 Å². The van der Waals surface area contributed by atoms with E-state index in [-0.39, 0.29) is 5.91 Å². The van der Waals surface area contributed by atoms with Gasteiger partial charge in [-0.2, -0.15) is 0 Å². The molecular weight excluding hydrogens is 268 g/mol. The molecule has 1 saturated heterocycles. The van der Waals surface area contributed by atoms with Crippen molar-refractivity contribution in [3.63, 3.8) is 0 Å². The lowest BCUT2D eigenvalue weighted by molar-refractivity contribution is -0.127. The summed E-state index contributed by atoms with van der Waals surface area (Å²) in [5, 5.41) is 2.88. The maximum absolute atomic E-state index is 12.1. The third-order valence-electron chi connectivity index (χ3n) is 3.80. The van der Waals surface area contributed by atoms with Crippen molar-refractivity contribution in [2.75, 3.05) is 30.9 Å². The van der Waals surface area contributed by atoms with Crippen LogP contribution in [-0.4, -0.2) is 31.8 Å². The molecule has 1 heterocycles. The minimum absolute atomic E-state index is 0.130. The van der Waals surface area contributed by atoms with Crippen LogP contribution >= 0.6 is 0 Å². The second kappa shape index (κ2) is 7.43. The van der Waals surface area contributed by atoms with Crippen molar-refractivity contribution in [3.05, 3.63) is 23.8 Å². The SMILES string of the molecule is Cc1cc(N)ccc1NC(=O)C(C)OCC1CCOCC1. The van der Waals surface area contributed by atoms with E-state index in [1.54, 1.807) is 13.0 Å². The summed E-state index contributed by atoms with van der Waals surface area (Å²) < 4.78 is 11.0. The van der Waals surface area contributed by atoms with Crippen molar-refractivity contribution in [2.24, 2.45) is 5.92 Å². The van der Waals surface area contributed by atoms with Gasteiger partial charge in [0.05, 0.1) is 6.61 Å². The molecule has 3 N–H and O–H groups in total. The topological polar surface area (TPSA) is 73.6 Å². The Labute approximate surface area is 125 Å². The molecule has 1 amide bonds. The Kier molecular flexibility index (Phi) is 5.59. The minimum atomic E-state index is -0.468. The molecule has 1 atom stereocenters. The van der Waals surface area contributed by atoms with E-state index in [1.165, 1.54) is 0 Å². The zero-order valence-corrected chi connectivity index (χ0v) is 12.7. The first kappa shape index (κ1) is 15.8. The van der Waals surface area contributed by atoms with Gasteiger partial charge in [-0.25, -0.2) is 0 Å². The van der Waals surface area contributed by atoms with Crippen molar-refractivity contribution in [2.45, 2.75) is 32.8 Å². The van der Waals surface area contributed by atoms with E-state index < -0.39 is 6.10 Å². The molecule has 1 aromatic rings. The lowest BCUT2D eigenvalue weighted by Crippen LogP contribution is -2.31. The smallest absolute Gasteiger partial charge is 0.253 e. The third kappa shape index (κ3) is 4.72. The molecule has 116 valence electrons. The van der Waals surface area contributed by atoms with Gasteiger partial charge in [-0.1, -0.05) is 0 Å². The van der Waals surface area contributed by atoms with Crippen LogP contribution in [-0.2, 0) is 14.3 Å². The Balaban J connectivity index is 1.81. The van der Waals surface area contributed by atoms with Gasteiger partial charge in [0, 0.05) is 24.6 Å². The Morgan fingerprint density at radius 2 is 2.19 bits per heavy atom. The van der Waals surface area contributed by atoms with Crippen LogP contribution in [0.5, 0.6) is 0 Å². The summed E-state index contributed by atoms with van der Waals surface area (Å²) in [5.74, 6) is 0.363. The first-order valence-corrected chi connectivity index (χ1v) is 7.42. The Hall–Kier alpha value is -1.59. The van der Waals surface area contributed by atoms with Crippen LogP contribution in [0, 0.1) is 12.8 Å². The highest BCUT2D eigenvalue weighted by atomic mass is 16.5. The number of nitrogens with one attached hydrogen (secondary N) is 1. The van der Waals surface area contributed by atoms with Crippen molar-refractivity contribution in [1.29, 1.82) is 0 Å². The number of ether oxygens (including phenoxy) is 2. The Bertz CT molecular complexity index is 484. The molecule has 1 fully saturated rings. The Morgan fingerprint density at radius 3 is 2.86 bits per heavy atom. The fourth-order valence-electron chi connectivity index (χ4n) is 2.33.